The molecule has 122 valence electrons. The van der Waals surface area contributed by atoms with Crippen molar-refractivity contribution in [3.05, 3.63) is 60.9 Å². The minimum atomic E-state index is 0.750. The van der Waals surface area contributed by atoms with Gasteiger partial charge in [-0.25, -0.2) is 19.6 Å². The van der Waals surface area contributed by atoms with Crippen molar-refractivity contribution in [2.45, 2.75) is 19.3 Å². The van der Waals surface area contributed by atoms with E-state index in [1.165, 1.54) is 31.2 Å². The number of nitrogens with zero attached hydrogens (tertiary/aromatic N) is 6. The number of aromatic nitrogens is 5. The van der Waals surface area contributed by atoms with Gasteiger partial charge in [0.25, 0.3) is 0 Å². The van der Waals surface area contributed by atoms with Gasteiger partial charge in [0.05, 0.1) is 0 Å². The summed E-state index contributed by atoms with van der Waals surface area (Å²) in [6.07, 6.45) is 8.31. The van der Waals surface area contributed by atoms with E-state index in [1.54, 1.807) is 17.3 Å². The van der Waals surface area contributed by atoms with Crippen molar-refractivity contribution in [3.63, 3.8) is 0 Å². The maximum Gasteiger partial charge on any atom is 0.160 e. The third-order valence-corrected chi connectivity index (χ3v) is 4.60. The number of anilines is 1. The highest BCUT2D eigenvalue weighted by atomic mass is 15.3. The van der Waals surface area contributed by atoms with Gasteiger partial charge in [-0.15, -0.1) is 0 Å². The smallest absolute Gasteiger partial charge is 0.160 e. The summed E-state index contributed by atoms with van der Waals surface area (Å²) >= 11 is 0. The number of benzene rings is 1. The third kappa shape index (κ3) is 3.27. The van der Waals surface area contributed by atoms with Crippen molar-refractivity contribution in [2.24, 2.45) is 5.92 Å². The molecule has 0 spiro atoms. The molecule has 2 aromatic heterocycles. The molecule has 24 heavy (non-hydrogen) atoms. The van der Waals surface area contributed by atoms with Gasteiger partial charge in [0.2, 0.25) is 0 Å². The fourth-order valence-corrected chi connectivity index (χ4v) is 3.28. The zero-order valence-electron chi connectivity index (χ0n) is 13.5. The van der Waals surface area contributed by atoms with E-state index in [-0.39, 0.29) is 0 Å². The molecule has 0 aliphatic carbocycles. The van der Waals surface area contributed by atoms with E-state index in [9.17, 15) is 0 Å². The van der Waals surface area contributed by atoms with Crippen LogP contribution in [-0.4, -0.2) is 37.8 Å². The summed E-state index contributed by atoms with van der Waals surface area (Å²) in [4.78, 5) is 15.0. The lowest BCUT2D eigenvalue weighted by atomic mass is 9.90. The Kier molecular flexibility index (Phi) is 4.18. The molecule has 0 unspecified atom stereocenters. The first-order valence-corrected chi connectivity index (χ1v) is 8.34. The van der Waals surface area contributed by atoms with Gasteiger partial charge in [-0.3, -0.25) is 0 Å². The summed E-state index contributed by atoms with van der Waals surface area (Å²) in [5, 5.41) is 4.13. The molecule has 0 bridgehead atoms. The third-order valence-electron chi connectivity index (χ3n) is 4.60. The van der Waals surface area contributed by atoms with Crippen LogP contribution in [0.2, 0.25) is 0 Å². The molecule has 3 heterocycles. The fourth-order valence-electron chi connectivity index (χ4n) is 3.28. The topological polar surface area (TPSA) is 59.7 Å². The molecule has 0 radical (unpaired) electrons. The number of hydrogen-bond acceptors (Lipinski definition) is 5. The second-order valence-electron chi connectivity index (χ2n) is 6.19. The SMILES string of the molecule is c1ccc(CC2CCN(c3cc(-n4cncn4)ncn3)CC2)cc1. The van der Waals surface area contributed by atoms with E-state index < -0.39 is 0 Å². The lowest BCUT2D eigenvalue weighted by Crippen LogP contribution is -2.35. The molecule has 3 aromatic rings. The Hall–Kier alpha value is -2.76. The maximum absolute atomic E-state index is 4.44. The Bertz CT molecular complexity index is 763. The van der Waals surface area contributed by atoms with Gasteiger partial charge >= 0.3 is 0 Å². The molecule has 0 atom stereocenters. The van der Waals surface area contributed by atoms with Crippen LogP contribution >= 0.6 is 0 Å². The van der Waals surface area contributed by atoms with Crippen molar-refractivity contribution in [2.75, 3.05) is 18.0 Å². The summed E-state index contributed by atoms with van der Waals surface area (Å²) in [5.41, 5.74) is 1.44. The minimum Gasteiger partial charge on any atom is -0.356 e. The Morgan fingerprint density at radius 3 is 2.50 bits per heavy atom. The van der Waals surface area contributed by atoms with Crippen molar-refractivity contribution in [1.82, 2.24) is 24.7 Å². The Labute approximate surface area is 141 Å². The summed E-state index contributed by atoms with van der Waals surface area (Å²) in [6.45, 7) is 2.07. The molecule has 1 aliphatic heterocycles. The van der Waals surface area contributed by atoms with Crippen LogP contribution in [-0.2, 0) is 6.42 Å². The van der Waals surface area contributed by atoms with Crippen molar-refractivity contribution < 1.29 is 0 Å². The number of hydrogen-bond donors (Lipinski definition) is 0. The average molecular weight is 320 g/mol. The van der Waals surface area contributed by atoms with Crippen molar-refractivity contribution in [3.8, 4) is 5.82 Å². The monoisotopic (exact) mass is 320 g/mol. The zero-order chi connectivity index (χ0) is 16.2. The Balaban J connectivity index is 1.40. The molecule has 1 aromatic carbocycles. The van der Waals surface area contributed by atoms with Gasteiger partial charge in [-0.2, -0.15) is 5.10 Å². The van der Waals surface area contributed by atoms with Crippen LogP contribution in [0.25, 0.3) is 5.82 Å². The molecule has 6 heteroatoms. The Morgan fingerprint density at radius 1 is 0.958 bits per heavy atom. The van der Waals surface area contributed by atoms with E-state index in [4.69, 9.17) is 0 Å². The van der Waals surface area contributed by atoms with E-state index in [2.05, 4.69) is 55.3 Å². The molecule has 1 saturated heterocycles. The summed E-state index contributed by atoms with van der Waals surface area (Å²) < 4.78 is 1.66. The molecule has 1 fully saturated rings. The molecular weight excluding hydrogens is 300 g/mol. The fraction of sp³-hybridized carbons (Fsp3) is 0.333. The number of rotatable bonds is 4. The summed E-state index contributed by atoms with van der Waals surface area (Å²) in [6, 6.07) is 12.7. The standard InChI is InChI=1S/C18H20N6/c1-2-4-15(5-3-1)10-16-6-8-23(9-7-16)17-11-18(21-13-20-17)24-14-19-12-22-24/h1-5,11-14,16H,6-10H2. The zero-order valence-corrected chi connectivity index (χ0v) is 13.5. The van der Waals surface area contributed by atoms with Gasteiger partial charge < -0.3 is 4.90 Å². The normalized spacial score (nSPS) is 15.6. The molecule has 0 saturated carbocycles. The highest BCUT2D eigenvalue weighted by molar-refractivity contribution is 5.43. The Morgan fingerprint density at radius 2 is 1.75 bits per heavy atom. The van der Waals surface area contributed by atoms with E-state index in [0.717, 1.165) is 30.6 Å². The van der Waals surface area contributed by atoms with Gasteiger partial charge in [0.15, 0.2) is 5.82 Å². The maximum atomic E-state index is 4.44. The van der Waals surface area contributed by atoms with Gasteiger partial charge in [-0.05, 0) is 30.7 Å². The molecular formula is C18H20N6. The minimum absolute atomic E-state index is 0.750. The van der Waals surface area contributed by atoms with E-state index in [0.29, 0.717) is 0 Å². The summed E-state index contributed by atoms with van der Waals surface area (Å²) in [5.74, 6) is 2.47. The largest absolute Gasteiger partial charge is 0.356 e. The highest BCUT2D eigenvalue weighted by Crippen LogP contribution is 2.25. The van der Waals surface area contributed by atoms with Crippen molar-refractivity contribution >= 4 is 5.82 Å². The van der Waals surface area contributed by atoms with Crippen LogP contribution in [0.1, 0.15) is 18.4 Å². The van der Waals surface area contributed by atoms with Crippen LogP contribution in [0.15, 0.2) is 55.4 Å². The van der Waals surface area contributed by atoms with Gasteiger partial charge in [0, 0.05) is 19.2 Å². The first-order chi connectivity index (χ1) is 11.9. The first kappa shape index (κ1) is 14.8. The van der Waals surface area contributed by atoms with E-state index >= 15 is 0 Å². The second-order valence-corrected chi connectivity index (χ2v) is 6.19. The lowest BCUT2D eigenvalue weighted by Gasteiger charge is -2.32. The first-order valence-electron chi connectivity index (χ1n) is 8.34. The predicted octanol–water partition coefficient (Wildman–Crippen LogP) is 2.52. The highest BCUT2D eigenvalue weighted by Gasteiger charge is 2.20. The lowest BCUT2D eigenvalue weighted by molar-refractivity contribution is 0.402. The van der Waals surface area contributed by atoms with Crippen LogP contribution in [0, 0.1) is 5.92 Å². The predicted molar refractivity (Wildman–Crippen MR) is 92.0 cm³/mol. The molecule has 1 aliphatic rings. The van der Waals surface area contributed by atoms with Crippen LogP contribution < -0.4 is 4.90 Å². The molecule has 0 amide bonds. The quantitative estimate of drug-likeness (QED) is 0.739. The van der Waals surface area contributed by atoms with Gasteiger partial charge in [-0.1, -0.05) is 30.3 Å². The van der Waals surface area contributed by atoms with Crippen LogP contribution in [0.3, 0.4) is 0 Å². The molecule has 6 nitrogen and oxygen atoms in total. The van der Waals surface area contributed by atoms with Crippen LogP contribution in [0.4, 0.5) is 5.82 Å². The summed E-state index contributed by atoms with van der Waals surface area (Å²) in [7, 11) is 0. The second kappa shape index (κ2) is 6.78. The molecule has 0 N–H and O–H groups in total. The van der Waals surface area contributed by atoms with Crippen molar-refractivity contribution in [1.29, 1.82) is 0 Å². The van der Waals surface area contributed by atoms with Crippen LogP contribution in [0.5, 0.6) is 0 Å². The number of piperidine rings is 1. The van der Waals surface area contributed by atoms with Gasteiger partial charge in [0.1, 0.15) is 24.8 Å². The van der Waals surface area contributed by atoms with E-state index in [1.807, 2.05) is 6.07 Å². The molecule has 4 rings (SSSR count). The average Bonchev–Trinajstić information content (AvgIpc) is 3.18.